The minimum Gasteiger partial charge on any atom is -0.238 e. The molecule has 0 bridgehead atoms. The van der Waals surface area contributed by atoms with E-state index in [1.807, 2.05) is 0 Å². The van der Waals surface area contributed by atoms with Gasteiger partial charge in [-0.2, -0.15) is 18.2 Å². The van der Waals surface area contributed by atoms with Gasteiger partial charge in [0.2, 0.25) is 6.08 Å². The molecule has 7 heteroatoms. The van der Waals surface area contributed by atoms with Gasteiger partial charge in [-0.25, -0.2) is 9.78 Å². The van der Waals surface area contributed by atoms with Crippen molar-refractivity contribution in [2.75, 3.05) is 0 Å². The second-order valence-corrected chi connectivity index (χ2v) is 2.71. The fourth-order valence-electron chi connectivity index (χ4n) is 0.493. The number of halogens is 3. The summed E-state index contributed by atoms with van der Waals surface area (Å²) in [5, 5.41) is -1.12. The Kier molecular flexibility index (Phi) is 2.25. The minimum absolute atomic E-state index is 0.0997. The number of carbonyl (C=O) groups excluding carboxylic acids is 1. The van der Waals surface area contributed by atoms with Crippen LogP contribution in [0.4, 0.5) is 18.2 Å². The standard InChI is InChI=1S/C5HF3N2OS/c6-5(7,8)4-9-1-3(12-4)10-2-11/h1H. The maximum Gasteiger partial charge on any atom is 0.443 e. The van der Waals surface area contributed by atoms with E-state index in [9.17, 15) is 18.0 Å². The van der Waals surface area contributed by atoms with Crippen molar-refractivity contribution < 1.29 is 18.0 Å². The molecule has 1 heterocycles. The Hall–Kier alpha value is -1.20. The number of hydrogen-bond donors (Lipinski definition) is 0. The van der Waals surface area contributed by atoms with Gasteiger partial charge in [0.15, 0.2) is 5.01 Å². The molecular weight excluding hydrogens is 193 g/mol. The molecule has 1 rings (SSSR count). The monoisotopic (exact) mass is 194 g/mol. The third-order valence-electron chi connectivity index (χ3n) is 0.892. The van der Waals surface area contributed by atoms with Crippen LogP contribution in [0.1, 0.15) is 5.01 Å². The predicted octanol–water partition coefficient (Wildman–Crippen LogP) is 2.13. The summed E-state index contributed by atoms with van der Waals surface area (Å²) in [6, 6.07) is 0. The zero-order valence-electron chi connectivity index (χ0n) is 5.42. The van der Waals surface area contributed by atoms with Crippen molar-refractivity contribution in [1.82, 2.24) is 4.98 Å². The molecule has 12 heavy (non-hydrogen) atoms. The normalized spacial score (nSPS) is 10.9. The average Bonchev–Trinajstić information content (AvgIpc) is 2.35. The number of aliphatic imine (C=N–C) groups is 1. The molecule has 0 fully saturated rings. The van der Waals surface area contributed by atoms with Gasteiger partial charge in [0, 0.05) is 0 Å². The SMILES string of the molecule is O=C=Nc1cnc(C(F)(F)F)s1. The van der Waals surface area contributed by atoms with Gasteiger partial charge in [0.1, 0.15) is 5.00 Å². The molecule has 1 aromatic heterocycles. The van der Waals surface area contributed by atoms with E-state index in [1.165, 1.54) is 0 Å². The fourth-order valence-corrected chi connectivity index (χ4v) is 1.10. The zero-order valence-corrected chi connectivity index (χ0v) is 6.24. The van der Waals surface area contributed by atoms with E-state index in [2.05, 4.69) is 9.98 Å². The molecule has 0 saturated heterocycles. The van der Waals surface area contributed by atoms with Gasteiger partial charge in [-0.05, 0) is 0 Å². The smallest absolute Gasteiger partial charge is 0.238 e. The van der Waals surface area contributed by atoms with Crippen LogP contribution in [0, 0.1) is 0 Å². The van der Waals surface area contributed by atoms with E-state index in [0.717, 1.165) is 12.3 Å². The molecule has 0 aliphatic carbocycles. The van der Waals surface area contributed by atoms with Gasteiger partial charge in [-0.3, -0.25) is 0 Å². The van der Waals surface area contributed by atoms with Crippen LogP contribution in [0.2, 0.25) is 0 Å². The Morgan fingerprint density at radius 1 is 1.58 bits per heavy atom. The van der Waals surface area contributed by atoms with Gasteiger partial charge in [0.05, 0.1) is 6.20 Å². The summed E-state index contributed by atoms with van der Waals surface area (Å²) in [5.41, 5.74) is 0. The molecule has 0 aliphatic heterocycles. The lowest BCUT2D eigenvalue weighted by Crippen LogP contribution is -2.02. The summed E-state index contributed by atoms with van der Waals surface area (Å²) in [7, 11) is 0. The van der Waals surface area contributed by atoms with E-state index in [1.54, 1.807) is 0 Å². The predicted molar refractivity (Wildman–Crippen MR) is 34.9 cm³/mol. The van der Waals surface area contributed by atoms with Crippen molar-refractivity contribution in [3.05, 3.63) is 11.2 Å². The first-order valence-electron chi connectivity index (χ1n) is 2.65. The molecule has 0 saturated carbocycles. The lowest BCUT2D eigenvalue weighted by Gasteiger charge is -1.97. The Balaban J connectivity index is 2.99. The average molecular weight is 194 g/mol. The third-order valence-corrected chi connectivity index (χ3v) is 1.83. The van der Waals surface area contributed by atoms with Crippen molar-refractivity contribution in [3.63, 3.8) is 0 Å². The largest absolute Gasteiger partial charge is 0.443 e. The summed E-state index contributed by atoms with van der Waals surface area (Å²) in [5.74, 6) is 0. The molecule has 0 N–H and O–H groups in total. The van der Waals surface area contributed by atoms with E-state index >= 15 is 0 Å². The molecular formula is C5HF3N2OS. The highest BCUT2D eigenvalue weighted by Gasteiger charge is 2.34. The van der Waals surface area contributed by atoms with Crippen LogP contribution in [-0.2, 0) is 11.0 Å². The second-order valence-electron chi connectivity index (χ2n) is 1.70. The Morgan fingerprint density at radius 3 is 2.67 bits per heavy atom. The molecule has 64 valence electrons. The molecule has 0 atom stereocenters. The van der Waals surface area contributed by atoms with E-state index in [4.69, 9.17) is 0 Å². The number of aromatic nitrogens is 1. The van der Waals surface area contributed by atoms with Crippen LogP contribution >= 0.6 is 11.3 Å². The number of hydrogen-bond acceptors (Lipinski definition) is 4. The number of thiazole rings is 1. The number of alkyl halides is 3. The van der Waals surface area contributed by atoms with Gasteiger partial charge >= 0.3 is 6.18 Å². The first-order valence-corrected chi connectivity index (χ1v) is 3.46. The van der Waals surface area contributed by atoms with Crippen LogP contribution in [0.25, 0.3) is 0 Å². The molecule has 0 radical (unpaired) electrons. The van der Waals surface area contributed by atoms with Crippen molar-refractivity contribution >= 4 is 22.4 Å². The van der Waals surface area contributed by atoms with Crippen molar-refractivity contribution in [2.24, 2.45) is 4.99 Å². The van der Waals surface area contributed by atoms with E-state index < -0.39 is 11.2 Å². The van der Waals surface area contributed by atoms with Crippen molar-refractivity contribution in [2.45, 2.75) is 6.18 Å². The highest BCUT2D eigenvalue weighted by Crippen LogP contribution is 2.35. The molecule has 0 aliphatic rings. The first-order chi connectivity index (χ1) is 5.54. The second kappa shape index (κ2) is 3.04. The number of rotatable bonds is 1. The van der Waals surface area contributed by atoms with Crippen LogP contribution < -0.4 is 0 Å². The van der Waals surface area contributed by atoms with Crippen molar-refractivity contribution in [1.29, 1.82) is 0 Å². The van der Waals surface area contributed by atoms with Gasteiger partial charge < -0.3 is 0 Å². The molecule has 1 aromatic rings. The molecule has 0 aromatic carbocycles. The molecule has 0 unspecified atom stereocenters. The van der Waals surface area contributed by atoms with Gasteiger partial charge in [0.25, 0.3) is 0 Å². The lowest BCUT2D eigenvalue weighted by atomic mass is 10.7. The highest BCUT2D eigenvalue weighted by molar-refractivity contribution is 7.15. The quantitative estimate of drug-likeness (QED) is 0.507. The highest BCUT2D eigenvalue weighted by atomic mass is 32.1. The topological polar surface area (TPSA) is 42.3 Å². The third kappa shape index (κ3) is 1.90. The van der Waals surface area contributed by atoms with Gasteiger partial charge in [-0.15, -0.1) is 0 Å². The van der Waals surface area contributed by atoms with Crippen LogP contribution in [-0.4, -0.2) is 11.1 Å². The fraction of sp³-hybridized carbons (Fsp3) is 0.200. The number of nitrogens with zero attached hydrogens (tertiary/aromatic N) is 2. The summed E-state index contributed by atoms with van der Waals surface area (Å²) < 4.78 is 35.5. The van der Waals surface area contributed by atoms with Crippen LogP contribution in [0.5, 0.6) is 0 Å². The van der Waals surface area contributed by atoms with Gasteiger partial charge in [-0.1, -0.05) is 11.3 Å². The molecule has 0 amide bonds. The summed E-state index contributed by atoms with van der Waals surface area (Å²) in [6.07, 6.45) is -2.47. The Morgan fingerprint density at radius 2 is 2.25 bits per heavy atom. The summed E-state index contributed by atoms with van der Waals surface area (Å²) >= 11 is 0.299. The van der Waals surface area contributed by atoms with E-state index in [0.29, 0.717) is 11.3 Å². The Labute approximate surface area is 68.6 Å². The summed E-state index contributed by atoms with van der Waals surface area (Å²) in [4.78, 5) is 15.7. The van der Waals surface area contributed by atoms with Crippen molar-refractivity contribution in [3.8, 4) is 0 Å². The van der Waals surface area contributed by atoms with E-state index in [-0.39, 0.29) is 5.00 Å². The lowest BCUT2D eigenvalue weighted by molar-refractivity contribution is -0.137. The Bertz CT molecular complexity index is 326. The molecule has 0 spiro atoms. The maximum absolute atomic E-state index is 11.8. The first kappa shape index (κ1) is 8.89. The maximum atomic E-state index is 11.8. The molecule has 3 nitrogen and oxygen atoms in total. The zero-order chi connectivity index (χ0) is 9.19. The number of isocyanates is 1. The van der Waals surface area contributed by atoms with Crippen LogP contribution in [0.3, 0.4) is 0 Å². The summed E-state index contributed by atoms with van der Waals surface area (Å²) in [6.45, 7) is 0. The minimum atomic E-state index is -4.47. The van der Waals surface area contributed by atoms with Crippen LogP contribution in [0.15, 0.2) is 11.2 Å².